The van der Waals surface area contributed by atoms with E-state index in [1.54, 1.807) is 0 Å². The van der Waals surface area contributed by atoms with Crippen LogP contribution >= 0.6 is 0 Å². The molecule has 1 heterocycles. The van der Waals surface area contributed by atoms with Crippen LogP contribution < -0.4 is 0 Å². The zero-order valence-corrected chi connectivity index (χ0v) is 29.5. The largest absolute Gasteiger partial charge is 0.456 e. The second-order valence-electron chi connectivity index (χ2n) is 14.5. The quantitative estimate of drug-likeness (QED) is 0.130. The third-order valence-corrected chi connectivity index (χ3v) is 11.3. The standard InChI is InChI=1S/C53H34O/c1-2-10-34(11-3-1)38-13-8-15-42(31-38)51(44-27-29-48-47-18-6-7-19-49(47)54-50(48)33-44)43-16-9-14-39(32-43)40-26-28-46-41(30-40)25-24-37-23-22-36-21-20-35-12-4-5-17-45(35)52(36)53(37)46/h1-33,51H. The Kier molecular flexibility index (Phi) is 7.00. The van der Waals surface area contributed by atoms with Crippen LogP contribution in [0.15, 0.2) is 205 Å². The number of hydrogen-bond acceptors (Lipinski definition) is 1. The third kappa shape index (κ3) is 5.01. The van der Waals surface area contributed by atoms with E-state index in [4.69, 9.17) is 4.42 Å². The van der Waals surface area contributed by atoms with Gasteiger partial charge in [0.25, 0.3) is 0 Å². The zero-order valence-electron chi connectivity index (χ0n) is 29.5. The Balaban J connectivity index is 1.07. The second-order valence-corrected chi connectivity index (χ2v) is 14.5. The van der Waals surface area contributed by atoms with Gasteiger partial charge >= 0.3 is 0 Å². The lowest BCUT2D eigenvalue weighted by atomic mass is 9.82. The van der Waals surface area contributed by atoms with E-state index < -0.39 is 0 Å². The average Bonchev–Trinajstić information content (AvgIpc) is 3.62. The highest BCUT2D eigenvalue weighted by Crippen LogP contribution is 2.41. The van der Waals surface area contributed by atoms with E-state index in [0.29, 0.717) is 0 Å². The lowest BCUT2D eigenvalue weighted by Gasteiger charge is -2.21. The summed E-state index contributed by atoms with van der Waals surface area (Å²) in [5, 5.41) is 12.6. The Morgan fingerprint density at radius 2 is 0.796 bits per heavy atom. The van der Waals surface area contributed by atoms with Crippen molar-refractivity contribution < 1.29 is 4.42 Å². The predicted molar refractivity (Wildman–Crippen MR) is 228 cm³/mol. The summed E-state index contributed by atoms with van der Waals surface area (Å²) in [6.07, 6.45) is 0. The Bertz CT molecular complexity index is 3220. The van der Waals surface area contributed by atoms with Crippen LogP contribution in [0.25, 0.3) is 87.3 Å². The Labute approximate surface area is 313 Å². The van der Waals surface area contributed by atoms with E-state index in [1.165, 1.54) is 82.0 Å². The van der Waals surface area contributed by atoms with Crippen molar-refractivity contribution in [2.45, 2.75) is 5.92 Å². The predicted octanol–water partition coefficient (Wildman–Crippen LogP) is 14.7. The molecule has 0 amide bonds. The molecule has 0 aliphatic heterocycles. The topological polar surface area (TPSA) is 13.1 Å². The summed E-state index contributed by atoms with van der Waals surface area (Å²) in [6.45, 7) is 0. The molecule has 11 aromatic rings. The van der Waals surface area contributed by atoms with Crippen LogP contribution in [0.1, 0.15) is 22.6 Å². The SMILES string of the molecule is c1ccc(-c2cccc(C(c3cccc(-c4ccc5c(ccc6ccc7ccc8ccccc8c7c65)c4)c3)c3ccc4c(c3)oc3ccccc34)c2)cc1. The monoisotopic (exact) mass is 686 g/mol. The minimum absolute atomic E-state index is 0.00438. The van der Waals surface area contributed by atoms with Crippen molar-refractivity contribution in [1.29, 1.82) is 0 Å². The van der Waals surface area contributed by atoms with Crippen molar-refractivity contribution in [2.24, 2.45) is 0 Å². The number of hydrogen-bond donors (Lipinski definition) is 0. The molecule has 0 radical (unpaired) electrons. The molecule has 1 atom stereocenters. The van der Waals surface area contributed by atoms with Crippen LogP contribution in [-0.4, -0.2) is 0 Å². The van der Waals surface area contributed by atoms with Gasteiger partial charge in [-0.3, -0.25) is 0 Å². The normalized spacial score (nSPS) is 12.4. The zero-order chi connectivity index (χ0) is 35.6. The summed E-state index contributed by atoms with van der Waals surface area (Å²) in [7, 11) is 0. The molecule has 0 aliphatic carbocycles. The molecule has 252 valence electrons. The van der Waals surface area contributed by atoms with Gasteiger partial charge in [-0.1, -0.05) is 182 Å². The first-order valence-corrected chi connectivity index (χ1v) is 18.7. The molecular weight excluding hydrogens is 653 g/mol. The minimum Gasteiger partial charge on any atom is -0.456 e. The molecule has 0 spiro atoms. The van der Waals surface area contributed by atoms with Gasteiger partial charge < -0.3 is 4.42 Å². The lowest BCUT2D eigenvalue weighted by Crippen LogP contribution is -2.04. The van der Waals surface area contributed by atoms with Crippen LogP contribution in [0.5, 0.6) is 0 Å². The van der Waals surface area contributed by atoms with E-state index in [0.717, 1.165) is 21.9 Å². The third-order valence-electron chi connectivity index (χ3n) is 11.3. The molecule has 0 bridgehead atoms. The number of furan rings is 1. The Morgan fingerprint density at radius 1 is 0.278 bits per heavy atom. The second kappa shape index (κ2) is 12.3. The molecule has 54 heavy (non-hydrogen) atoms. The van der Waals surface area contributed by atoms with E-state index in [1.807, 2.05) is 6.07 Å². The highest BCUT2D eigenvalue weighted by Gasteiger charge is 2.20. The van der Waals surface area contributed by atoms with Gasteiger partial charge in [0.1, 0.15) is 11.2 Å². The fraction of sp³-hybridized carbons (Fsp3) is 0.0189. The highest BCUT2D eigenvalue weighted by molar-refractivity contribution is 6.27. The fourth-order valence-electron chi connectivity index (χ4n) is 8.76. The molecule has 1 aromatic heterocycles. The first-order chi connectivity index (χ1) is 26.7. The number of fused-ring (bicyclic) bond motifs is 10. The van der Waals surface area contributed by atoms with Gasteiger partial charge in [-0.25, -0.2) is 0 Å². The molecule has 0 fully saturated rings. The van der Waals surface area contributed by atoms with Gasteiger partial charge in [0.05, 0.1) is 0 Å². The van der Waals surface area contributed by atoms with E-state index in [9.17, 15) is 0 Å². The van der Waals surface area contributed by atoms with Crippen molar-refractivity contribution in [3.05, 3.63) is 217 Å². The number of benzene rings is 10. The molecular formula is C53H34O. The van der Waals surface area contributed by atoms with Crippen LogP contribution in [0.2, 0.25) is 0 Å². The maximum atomic E-state index is 6.42. The summed E-state index contributed by atoms with van der Waals surface area (Å²) in [4.78, 5) is 0. The van der Waals surface area contributed by atoms with Gasteiger partial charge in [-0.05, 0) is 100 Å². The first kappa shape index (κ1) is 30.6. The molecule has 0 saturated carbocycles. The van der Waals surface area contributed by atoms with E-state index in [-0.39, 0.29) is 5.92 Å². The van der Waals surface area contributed by atoms with Crippen molar-refractivity contribution in [2.75, 3.05) is 0 Å². The first-order valence-electron chi connectivity index (χ1n) is 18.7. The van der Waals surface area contributed by atoms with Crippen molar-refractivity contribution in [3.8, 4) is 22.3 Å². The van der Waals surface area contributed by atoms with Gasteiger partial charge in [0.15, 0.2) is 0 Å². The fourth-order valence-corrected chi connectivity index (χ4v) is 8.76. The van der Waals surface area contributed by atoms with Gasteiger partial charge in [-0.15, -0.1) is 0 Å². The van der Waals surface area contributed by atoms with Crippen LogP contribution in [0.4, 0.5) is 0 Å². The molecule has 0 saturated heterocycles. The van der Waals surface area contributed by atoms with Crippen molar-refractivity contribution in [3.63, 3.8) is 0 Å². The van der Waals surface area contributed by atoms with Gasteiger partial charge in [0.2, 0.25) is 0 Å². The maximum absolute atomic E-state index is 6.42. The summed E-state index contributed by atoms with van der Waals surface area (Å²) in [5.41, 5.74) is 10.3. The van der Waals surface area contributed by atoms with Crippen molar-refractivity contribution >= 4 is 65.0 Å². The van der Waals surface area contributed by atoms with Gasteiger partial charge in [-0.2, -0.15) is 0 Å². The molecule has 10 aromatic carbocycles. The number of rotatable bonds is 5. The van der Waals surface area contributed by atoms with E-state index >= 15 is 0 Å². The molecule has 0 aliphatic rings. The van der Waals surface area contributed by atoms with E-state index in [2.05, 4.69) is 194 Å². The smallest absolute Gasteiger partial charge is 0.135 e. The van der Waals surface area contributed by atoms with Crippen LogP contribution in [0.3, 0.4) is 0 Å². The summed E-state index contributed by atoms with van der Waals surface area (Å²) >= 11 is 0. The summed E-state index contributed by atoms with van der Waals surface area (Å²) < 4.78 is 6.42. The Hall–Kier alpha value is -6.96. The van der Waals surface area contributed by atoms with Crippen molar-refractivity contribution in [1.82, 2.24) is 0 Å². The summed E-state index contributed by atoms with van der Waals surface area (Å²) in [6, 6.07) is 73.2. The lowest BCUT2D eigenvalue weighted by molar-refractivity contribution is 0.668. The Morgan fingerprint density at radius 3 is 1.56 bits per heavy atom. The van der Waals surface area contributed by atoms with Crippen LogP contribution in [0, 0.1) is 0 Å². The molecule has 11 rings (SSSR count). The molecule has 1 nitrogen and oxygen atoms in total. The summed E-state index contributed by atoms with van der Waals surface area (Å²) in [5.74, 6) is -0.00438. The molecule has 1 unspecified atom stereocenters. The molecule has 0 N–H and O–H groups in total. The van der Waals surface area contributed by atoms with Gasteiger partial charge in [0, 0.05) is 16.7 Å². The average molecular weight is 687 g/mol. The highest BCUT2D eigenvalue weighted by atomic mass is 16.3. The number of para-hydroxylation sites is 1. The molecule has 1 heteroatoms. The van der Waals surface area contributed by atoms with Crippen LogP contribution in [-0.2, 0) is 0 Å². The maximum Gasteiger partial charge on any atom is 0.135 e. The minimum atomic E-state index is -0.00438.